The van der Waals surface area contributed by atoms with Crippen molar-refractivity contribution in [3.8, 4) is 22.3 Å². The van der Waals surface area contributed by atoms with Gasteiger partial charge in [0.1, 0.15) is 0 Å². The van der Waals surface area contributed by atoms with E-state index in [0.29, 0.717) is 11.3 Å². The summed E-state index contributed by atoms with van der Waals surface area (Å²) >= 11 is 0. The maximum absolute atomic E-state index is 2.67. The average Bonchev–Trinajstić information content (AvgIpc) is 3.73. The Morgan fingerprint density at radius 3 is 1.46 bits per heavy atom. The summed E-state index contributed by atoms with van der Waals surface area (Å²) in [5, 5.41) is 0. The predicted octanol–water partition coefficient (Wildman–Crippen LogP) is 18.3. The molecule has 65 heavy (non-hydrogen) atoms. The molecule has 0 bridgehead atoms. The molecular weight excluding hydrogens is 781 g/mol. The highest BCUT2D eigenvalue weighted by Crippen LogP contribution is 2.58. The Bertz CT molecular complexity index is 2480. The van der Waals surface area contributed by atoms with Crippen molar-refractivity contribution in [2.75, 3.05) is 0 Å². The fraction of sp³-hybridized carbons (Fsp3) is 0.446. The van der Waals surface area contributed by atoms with Crippen LogP contribution in [-0.2, 0) is 30.1 Å². The van der Waals surface area contributed by atoms with Crippen LogP contribution in [0.4, 0.5) is 0 Å². The maximum atomic E-state index is 2.67. The van der Waals surface area contributed by atoms with Crippen molar-refractivity contribution >= 4 is 0 Å². The fourth-order valence-corrected chi connectivity index (χ4v) is 13.0. The first-order valence-electron chi connectivity index (χ1n) is 26.2. The second kappa shape index (κ2) is 19.3. The van der Waals surface area contributed by atoms with Crippen molar-refractivity contribution in [1.29, 1.82) is 0 Å². The first kappa shape index (κ1) is 45.5. The number of aryl methyl sites for hydroxylation is 4. The third-order valence-electron chi connectivity index (χ3n) is 16.1. The summed E-state index contributed by atoms with van der Waals surface area (Å²) in [6.07, 6.45) is 22.5. The SMILES string of the molecule is CCCCCCc1cc(CCCCCC)cc(C2(CCCCCCC3(c4ccc5c(c4)CC5CC(C)(C)C)c4ccccc4-c4ccccc43)c3cc(C)ccc3-c3ccc(C)cc32)c1. The van der Waals surface area contributed by atoms with Crippen LogP contribution in [0.3, 0.4) is 0 Å². The zero-order valence-corrected chi connectivity index (χ0v) is 41.4. The van der Waals surface area contributed by atoms with Crippen molar-refractivity contribution in [1.82, 2.24) is 0 Å². The Balaban J connectivity index is 1.03. The number of hydrogen-bond donors (Lipinski definition) is 0. The molecule has 3 aliphatic carbocycles. The highest BCUT2D eigenvalue weighted by atomic mass is 14.5. The Kier molecular flexibility index (Phi) is 13.5. The lowest BCUT2D eigenvalue weighted by Gasteiger charge is -2.38. The molecule has 3 aliphatic rings. The van der Waals surface area contributed by atoms with E-state index in [1.807, 2.05) is 0 Å². The topological polar surface area (TPSA) is 0 Å². The predicted molar refractivity (Wildman–Crippen MR) is 280 cm³/mol. The number of unbranched alkanes of at least 4 members (excludes halogenated alkanes) is 9. The maximum Gasteiger partial charge on any atom is 0.0464 e. The molecule has 0 aliphatic heterocycles. The molecule has 0 heterocycles. The average molecular weight is 859 g/mol. The lowest BCUT2D eigenvalue weighted by Crippen LogP contribution is -2.29. The van der Waals surface area contributed by atoms with E-state index in [1.165, 1.54) is 153 Å². The molecule has 0 heteroatoms. The first-order chi connectivity index (χ1) is 31.6. The van der Waals surface area contributed by atoms with E-state index in [9.17, 15) is 0 Å². The molecule has 6 aromatic rings. The van der Waals surface area contributed by atoms with Crippen molar-refractivity contribution in [3.05, 3.63) is 188 Å². The van der Waals surface area contributed by atoms with Crippen LogP contribution in [-0.4, -0.2) is 0 Å². The number of fused-ring (bicyclic) bond motifs is 7. The summed E-state index contributed by atoms with van der Waals surface area (Å²) in [5.74, 6) is 0.693. The van der Waals surface area contributed by atoms with Crippen LogP contribution in [0.1, 0.15) is 204 Å². The molecule has 1 unspecified atom stereocenters. The van der Waals surface area contributed by atoms with E-state index in [4.69, 9.17) is 0 Å². The molecule has 0 spiro atoms. The highest BCUT2D eigenvalue weighted by molar-refractivity contribution is 5.85. The molecule has 0 radical (unpaired) electrons. The number of hydrogen-bond acceptors (Lipinski definition) is 0. The normalized spacial score (nSPS) is 16.1. The van der Waals surface area contributed by atoms with Gasteiger partial charge in [0.05, 0.1) is 0 Å². The molecule has 0 amide bonds. The van der Waals surface area contributed by atoms with Crippen LogP contribution in [0.2, 0.25) is 0 Å². The van der Waals surface area contributed by atoms with Crippen LogP contribution in [0.5, 0.6) is 0 Å². The lowest BCUT2D eigenvalue weighted by molar-refractivity contribution is 0.323. The lowest BCUT2D eigenvalue weighted by atomic mass is 9.65. The van der Waals surface area contributed by atoms with Crippen LogP contribution in [0, 0.1) is 19.3 Å². The van der Waals surface area contributed by atoms with Gasteiger partial charge in [0.15, 0.2) is 0 Å². The van der Waals surface area contributed by atoms with Crippen LogP contribution < -0.4 is 0 Å². The van der Waals surface area contributed by atoms with E-state index >= 15 is 0 Å². The largest absolute Gasteiger partial charge is 0.0654 e. The third kappa shape index (κ3) is 8.86. The summed E-state index contributed by atoms with van der Waals surface area (Å²) in [5.41, 5.74) is 24.0. The quantitative estimate of drug-likeness (QED) is 0.0671. The van der Waals surface area contributed by atoms with Gasteiger partial charge in [-0.25, -0.2) is 0 Å². The van der Waals surface area contributed by atoms with Crippen molar-refractivity contribution in [2.24, 2.45) is 5.41 Å². The van der Waals surface area contributed by atoms with Gasteiger partial charge in [0.2, 0.25) is 0 Å². The standard InChI is InChI=1S/C65H78/c1-8-10-12-16-24-48-40-49(25-17-13-11-9-2)42-53(41-48)65(61-38-46(3)30-33-57(61)58-34-31-47(4)39-62(58)65)37-23-15-14-22-36-64(52-32-35-54-50(44-52)43-51(54)45-63(5,6)7)59-28-20-18-26-55(59)56-27-19-21-29-60(56)64/h18-21,26-35,38-42,44,51H,8-17,22-25,36-37,43,45H2,1-7H3. The molecule has 0 fully saturated rings. The van der Waals surface area contributed by atoms with Gasteiger partial charge in [0.25, 0.3) is 0 Å². The Labute approximate surface area is 394 Å². The minimum Gasteiger partial charge on any atom is -0.0654 e. The third-order valence-corrected chi connectivity index (χ3v) is 16.1. The minimum atomic E-state index is -0.151. The van der Waals surface area contributed by atoms with Gasteiger partial charge in [-0.1, -0.05) is 231 Å². The summed E-state index contributed by atoms with van der Waals surface area (Å²) in [6.45, 7) is 16.5. The van der Waals surface area contributed by atoms with Gasteiger partial charge < -0.3 is 0 Å². The Morgan fingerprint density at radius 2 is 0.954 bits per heavy atom. The molecule has 1 atom stereocenters. The van der Waals surface area contributed by atoms with Gasteiger partial charge in [-0.3, -0.25) is 0 Å². The monoisotopic (exact) mass is 859 g/mol. The van der Waals surface area contributed by atoms with E-state index in [2.05, 4.69) is 170 Å². The summed E-state index contributed by atoms with van der Waals surface area (Å²) in [6, 6.07) is 49.1. The van der Waals surface area contributed by atoms with Crippen molar-refractivity contribution in [2.45, 2.75) is 181 Å². The Hall–Kier alpha value is -4.68. The molecule has 0 saturated carbocycles. The van der Waals surface area contributed by atoms with Gasteiger partial charge >= 0.3 is 0 Å². The van der Waals surface area contributed by atoms with E-state index in [-0.39, 0.29) is 10.8 Å². The molecule has 9 rings (SSSR count). The summed E-state index contributed by atoms with van der Waals surface area (Å²) in [7, 11) is 0. The van der Waals surface area contributed by atoms with Crippen molar-refractivity contribution in [3.63, 3.8) is 0 Å². The molecule has 338 valence electrons. The second-order valence-electron chi connectivity index (χ2n) is 22.2. The van der Waals surface area contributed by atoms with Gasteiger partial charge in [-0.05, 0) is 154 Å². The van der Waals surface area contributed by atoms with Crippen molar-refractivity contribution < 1.29 is 0 Å². The molecule has 0 saturated heterocycles. The highest BCUT2D eigenvalue weighted by Gasteiger charge is 2.46. The molecule has 6 aromatic carbocycles. The number of rotatable bonds is 20. The van der Waals surface area contributed by atoms with Crippen LogP contribution >= 0.6 is 0 Å². The van der Waals surface area contributed by atoms with Gasteiger partial charge in [-0.15, -0.1) is 0 Å². The van der Waals surface area contributed by atoms with Gasteiger partial charge in [-0.2, -0.15) is 0 Å². The van der Waals surface area contributed by atoms with E-state index < -0.39 is 0 Å². The summed E-state index contributed by atoms with van der Waals surface area (Å²) < 4.78 is 0. The van der Waals surface area contributed by atoms with Crippen LogP contribution in [0.15, 0.2) is 121 Å². The summed E-state index contributed by atoms with van der Waals surface area (Å²) in [4.78, 5) is 0. The zero-order chi connectivity index (χ0) is 45.2. The molecular formula is C65H78. The van der Waals surface area contributed by atoms with Crippen LogP contribution in [0.25, 0.3) is 22.3 Å². The molecule has 0 nitrogen and oxygen atoms in total. The number of benzene rings is 6. The molecule has 0 N–H and O–H groups in total. The zero-order valence-electron chi connectivity index (χ0n) is 41.4. The smallest absolute Gasteiger partial charge is 0.0464 e. The Morgan fingerprint density at radius 1 is 0.462 bits per heavy atom. The second-order valence-corrected chi connectivity index (χ2v) is 22.2. The van der Waals surface area contributed by atoms with E-state index in [0.717, 1.165) is 12.8 Å². The first-order valence-corrected chi connectivity index (χ1v) is 26.2. The minimum absolute atomic E-state index is 0.123. The fourth-order valence-electron chi connectivity index (χ4n) is 13.0. The van der Waals surface area contributed by atoms with Gasteiger partial charge in [0, 0.05) is 10.8 Å². The molecule has 0 aromatic heterocycles. The van der Waals surface area contributed by atoms with E-state index in [1.54, 1.807) is 38.9 Å².